The average Bonchev–Trinajstić information content (AvgIpc) is 2.66. The van der Waals surface area contributed by atoms with Crippen molar-refractivity contribution in [3.8, 4) is 5.75 Å². The normalized spacial score (nSPS) is 16.3. The summed E-state index contributed by atoms with van der Waals surface area (Å²) < 4.78 is 67.0. The third kappa shape index (κ3) is 5.63. The Morgan fingerprint density at radius 3 is 2.45 bits per heavy atom. The molecule has 2 aromatic rings. The van der Waals surface area contributed by atoms with Crippen LogP contribution >= 0.6 is 0 Å². The molecule has 0 aromatic heterocycles. The van der Waals surface area contributed by atoms with Crippen LogP contribution in [0.2, 0.25) is 0 Å². The Labute approximate surface area is 166 Å². The first kappa shape index (κ1) is 21.0. The number of para-hydroxylation sites is 1. The maximum atomic E-state index is 13.0. The molecule has 1 N–H and O–H groups in total. The first-order chi connectivity index (χ1) is 13.6. The number of amides is 1. The van der Waals surface area contributed by atoms with Crippen LogP contribution in [0.3, 0.4) is 0 Å². The van der Waals surface area contributed by atoms with Crippen molar-refractivity contribution in [1.29, 1.82) is 0 Å². The zero-order valence-electron chi connectivity index (χ0n) is 15.3. The lowest BCUT2D eigenvalue weighted by molar-refractivity contribution is -0.139. The maximum absolute atomic E-state index is 13.0. The highest BCUT2D eigenvalue weighted by Crippen LogP contribution is 2.35. The van der Waals surface area contributed by atoms with E-state index in [0.29, 0.717) is 18.8 Å². The van der Waals surface area contributed by atoms with E-state index in [4.69, 9.17) is 4.74 Å². The fourth-order valence-corrected chi connectivity index (χ4v) is 4.12. The number of anilines is 2. The second-order valence-corrected chi connectivity index (χ2v) is 8.82. The Hall–Kier alpha value is -2.75. The Kier molecular flexibility index (Phi) is 6.02. The second kappa shape index (κ2) is 8.32. The minimum Gasteiger partial charge on any atom is -0.483 e. The van der Waals surface area contributed by atoms with Crippen LogP contribution < -0.4 is 15.0 Å². The molecule has 0 atom stereocenters. The highest BCUT2D eigenvalue weighted by Gasteiger charge is 2.34. The second-order valence-electron chi connectivity index (χ2n) is 6.52. The van der Waals surface area contributed by atoms with Gasteiger partial charge in [-0.05, 0) is 30.3 Å². The summed E-state index contributed by atoms with van der Waals surface area (Å²) in [6.45, 7) is 0.132. The van der Waals surface area contributed by atoms with Crippen molar-refractivity contribution < 1.29 is 31.1 Å². The van der Waals surface area contributed by atoms with Crippen LogP contribution in [0.15, 0.2) is 48.5 Å². The molecule has 1 aliphatic rings. The van der Waals surface area contributed by atoms with E-state index >= 15 is 0 Å². The number of ether oxygens (including phenoxy) is 1. The van der Waals surface area contributed by atoms with Gasteiger partial charge in [0.1, 0.15) is 5.75 Å². The largest absolute Gasteiger partial charge is 0.483 e. The molecule has 6 nitrogen and oxygen atoms in total. The topological polar surface area (TPSA) is 75.7 Å². The molecule has 10 heteroatoms. The summed E-state index contributed by atoms with van der Waals surface area (Å²) in [5.41, 5.74) is 0.240. The van der Waals surface area contributed by atoms with Crippen molar-refractivity contribution in [2.24, 2.45) is 0 Å². The molecule has 0 unspecified atom stereocenters. The molecule has 0 saturated carbocycles. The predicted octanol–water partition coefficient (Wildman–Crippen LogP) is 2.96. The monoisotopic (exact) mass is 428 g/mol. The molecule has 0 aliphatic carbocycles. The van der Waals surface area contributed by atoms with Crippen molar-refractivity contribution in [2.45, 2.75) is 6.18 Å². The zero-order chi connectivity index (χ0) is 21.1. The van der Waals surface area contributed by atoms with Gasteiger partial charge in [-0.1, -0.05) is 18.2 Å². The van der Waals surface area contributed by atoms with Gasteiger partial charge in [-0.25, -0.2) is 8.42 Å². The minimum atomic E-state index is -4.58. The van der Waals surface area contributed by atoms with Crippen molar-refractivity contribution in [3.63, 3.8) is 0 Å². The van der Waals surface area contributed by atoms with Gasteiger partial charge >= 0.3 is 6.18 Å². The number of nitrogens with one attached hydrogen (secondary N) is 1. The number of rotatable bonds is 5. The van der Waals surface area contributed by atoms with Gasteiger partial charge in [-0.15, -0.1) is 0 Å². The van der Waals surface area contributed by atoms with Crippen LogP contribution in [0.4, 0.5) is 24.5 Å². The van der Waals surface area contributed by atoms with Gasteiger partial charge in [-0.3, -0.25) is 4.79 Å². The van der Waals surface area contributed by atoms with Crippen molar-refractivity contribution >= 4 is 27.1 Å². The van der Waals surface area contributed by atoms with E-state index in [9.17, 15) is 26.4 Å². The molecule has 1 heterocycles. The fourth-order valence-electron chi connectivity index (χ4n) is 2.92. The lowest BCUT2D eigenvalue weighted by Crippen LogP contribution is -2.40. The number of benzene rings is 2. The molecule has 0 bridgehead atoms. The number of hydrogen-bond acceptors (Lipinski definition) is 5. The Balaban J connectivity index is 1.61. The molecule has 3 rings (SSSR count). The van der Waals surface area contributed by atoms with E-state index < -0.39 is 39.8 Å². The summed E-state index contributed by atoms with van der Waals surface area (Å²) in [4.78, 5) is 14.0. The van der Waals surface area contributed by atoms with Crippen LogP contribution in [0.1, 0.15) is 5.56 Å². The average molecular weight is 428 g/mol. The Morgan fingerprint density at radius 1 is 1.07 bits per heavy atom. The van der Waals surface area contributed by atoms with Gasteiger partial charge in [0.25, 0.3) is 5.91 Å². The molecule has 0 radical (unpaired) electrons. The molecule has 1 amide bonds. The van der Waals surface area contributed by atoms with Gasteiger partial charge in [-0.2, -0.15) is 13.2 Å². The highest BCUT2D eigenvalue weighted by molar-refractivity contribution is 7.91. The summed E-state index contributed by atoms with van der Waals surface area (Å²) in [5.74, 6) is -0.898. The lowest BCUT2D eigenvalue weighted by Gasteiger charge is -2.29. The number of alkyl halides is 3. The van der Waals surface area contributed by atoms with E-state index in [2.05, 4.69) is 5.32 Å². The molecule has 0 spiro atoms. The van der Waals surface area contributed by atoms with Gasteiger partial charge in [0.05, 0.1) is 17.1 Å². The lowest BCUT2D eigenvalue weighted by atomic mass is 10.2. The Bertz CT molecular complexity index is 979. The summed E-state index contributed by atoms with van der Waals surface area (Å²) >= 11 is 0. The summed E-state index contributed by atoms with van der Waals surface area (Å²) in [6.07, 6.45) is -4.58. The van der Waals surface area contributed by atoms with Crippen molar-refractivity contribution in [2.75, 3.05) is 41.4 Å². The summed E-state index contributed by atoms with van der Waals surface area (Å²) in [7, 11) is -3.01. The smallest absolute Gasteiger partial charge is 0.419 e. The summed E-state index contributed by atoms with van der Waals surface area (Å²) in [5, 5.41) is 2.58. The zero-order valence-corrected chi connectivity index (χ0v) is 16.1. The van der Waals surface area contributed by atoms with Crippen LogP contribution in [0.25, 0.3) is 0 Å². The molecule has 29 heavy (non-hydrogen) atoms. The van der Waals surface area contributed by atoms with Crippen LogP contribution in [-0.4, -0.2) is 45.5 Å². The maximum Gasteiger partial charge on any atom is 0.419 e. The molecular formula is C19H19F3N2O4S. The number of halogens is 3. The Morgan fingerprint density at radius 2 is 1.76 bits per heavy atom. The van der Waals surface area contributed by atoms with Crippen LogP contribution in [-0.2, 0) is 20.8 Å². The summed E-state index contributed by atoms with van der Waals surface area (Å²) in [6, 6.07) is 11.5. The molecule has 1 saturated heterocycles. The van der Waals surface area contributed by atoms with Gasteiger partial charge in [0, 0.05) is 24.5 Å². The molecule has 1 aliphatic heterocycles. The standard InChI is InChI=1S/C19H19F3N2O4S/c20-19(21,22)16-6-1-2-7-17(16)28-13-18(25)23-14-4-3-5-15(12-14)24-8-10-29(26,27)11-9-24/h1-7,12H,8-11,13H2,(H,23,25). The fraction of sp³-hybridized carbons (Fsp3) is 0.316. The molecule has 2 aromatic carbocycles. The number of carbonyl (C=O) groups excluding carboxylic acids is 1. The SMILES string of the molecule is O=C(COc1ccccc1C(F)(F)F)Nc1cccc(N2CCS(=O)(=O)CC2)c1. The van der Waals surface area contributed by atoms with E-state index in [-0.39, 0.29) is 11.5 Å². The van der Waals surface area contributed by atoms with E-state index in [1.54, 1.807) is 24.3 Å². The third-order valence-corrected chi connectivity index (χ3v) is 6.00. The highest BCUT2D eigenvalue weighted by atomic mass is 32.2. The molecule has 1 fully saturated rings. The van der Waals surface area contributed by atoms with Gasteiger partial charge in [0.15, 0.2) is 16.4 Å². The number of hydrogen-bond donors (Lipinski definition) is 1. The van der Waals surface area contributed by atoms with Gasteiger partial charge in [0.2, 0.25) is 0 Å². The number of carbonyl (C=O) groups is 1. The number of nitrogens with zero attached hydrogens (tertiary/aromatic N) is 1. The minimum absolute atomic E-state index is 0.0655. The third-order valence-electron chi connectivity index (χ3n) is 4.39. The van der Waals surface area contributed by atoms with Crippen molar-refractivity contribution in [1.82, 2.24) is 0 Å². The van der Waals surface area contributed by atoms with E-state index in [0.717, 1.165) is 17.8 Å². The quantitative estimate of drug-likeness (QED) is 0.793. The van der Waals surface area contributed by atoms with Crippen LogP contribution in [0.5, 0.6) is 5.75 Å². The van der Waals surface area contributed by atoms with Gasteiger partial charge < -0.3 is 15.0 Å². The van der Waals surface area contributed by atoms with Crippen molar-refractivity contribution in [3.05, 3.63) is 54.1 Å². The van der Waals surface area contributed by atoms with E-state index in [1.807, 2.05) is 4.90 Å². The van der Waals surface area contributed by atoms with Crippen LogP contribution in [0, 0.1) is 0 Å². The van der Waals surface area contributed by atoms with E-state index in [1.165, 1.54) is 12.1 Å². The predicted molar refractivity (Wildman–Crippen MR) is 103 cm³/mol. The molecular weight excluding hydrogens is 409 g/mol. The molecule has 156 valence electrons. The number of sulfone groups is 1. The first-order valence-electron chi connectivity index (χ1n) is 8.78. The first-order valence-corrected chi connectivity index (χ1v) is 10.6.